The summed E-state index contributed by atoms with van der Waals surface area (Å²) in [6, 6.07) is 15.7. The highest BCUT2D eigenvalue weighted by Gasteiger charge is 2.18. The van der Waals surface area contributed by atoms with Crippen molar-refractivity contribution in [3.05, 3.63) is 59.7 Å². The lowest BCUT2D eigenvalue weighted by Crippen LogP contribution is -2.37. The first kappa shape index (κ1) is 16.7. The molecule has 24 heavy (non-hydrogen) atoms. The second-order valence-electron chi connectivity index (χ2n) is 5.69. The van der Waals surface area contributed by atoms with Crippen molar-refractivity contribution in [3.63, 3.8) is 0 Å². The van der Waals surface area contributed by atoms with Crippen molar-refractivity contribution in [1.82, 2.24) is 4.90 Å². The highest BCUT2D eigenvalue weighted by atomic mass is 32.2. The van der Waals surface area contributed by atoms with Gasteiger partial charge in [0.1, 0.15) is 5.75 Å². The molecule has 0 saturated carbocycles. The first-order valence-electron chi connectivity index (χ1n) is 8.10. The molecule has 1 aliphatic heterocycles. The van der Waals surface area contributed by atoms with Crippen molar-refractivity contribution in [3.8, 4) is 5.75 Å². The molecule has 0 aromatic heterocycles. The zero-order valence-electron chi connectivity index (χ0n) is 13.8. The summed E-state index contributed by atoms with van der Waals surface area (Å²) in [5, 5.41) is 3.38. The average Bonchev–Trinajstić information content (AvgIpc) is 2.67. The van der Waals surface area contributed by atoms with Crippen molar-refractivity contribution >= 4 is 23.4 Å². The fourth-order valence-electron chi connectivity index (χ4n) is 2.70. The summed E-state index contributed by atoms with van der Waals surface area (Å²) in [7, 11) is 1.67. The van der Waals surface area contributed by atoms with E-state index in [-0.39, 0.29) is 5.91 Å². The molecular formula is C19H22N2O2S. The molecule has 1 heterocycles. The molecule has 0 unspecified atom stereocenters. The van der Waals surface area contributed by atoms with Gasteiger partial charge in [0, 0.05) is 42.4 Å². The number of benzene rings is 2. The van der Waals surface area contributed by atoms with Crippen LogP contribution in [0.15, 0.2) is 48.5 Å². The van der Waals surface area contributed by atoms with Gasteiger partial charge in [-0.1, -0.05) is 18.2 Å². The van der Waals surface area contributed by atoms with Crippen molar-refractivity contribution in [2.24, 2.45) is 0 Å². The second-order valence-corrected chi connectivity index (χ2v) is 6.92. The van der Waals surface area contributed by atoms with E-state index in [1.54, 1.807) is 7.11 Å². The molecule has 1 amide bonds. The number of rotatable bonds is 5. The number of carbonyl (C=O) groups excluding carboxylic acids is 1. The van der Waals surface area contributed by atoms with Crippen LogP contribution in [0.5, 0.6) is 5.75 Å². The van der Waals surface area contributed by atoms with E-state index in [9.17, 15) is 4.79 Å². The topological polar surface area (TPSA) is 41.6 Å². The highest BCUT2D eigenvalue weighted by molar-refractivity contribution is 7.99. The van der Waals surface area contributed by atoms with E-state index in [1.807, 2.05) is 59.1 Å². The molecule has 0 aliphatic carbocycles. The minimum Gasteiger partial charge on any atom is -0.497 e. The molecule has 0 radical (unpaired) electrons. The summed E-state index contributed by atoms with van der Waals surface area (Å²) in [5.74, 6) is 3.03. The fraction of sp³-hybridized carbons (Fsp3) is 0.316. The molecule has 1 saturated heterocycles. The van der Waals surface area contributed by atoms with E-state index in [0.29, 0.717) is 6.54 Å². The quantitative estimate of drug-likeness (QED) is 0.903. The van der Waals surface area contributed by atoms with Crippen LogP contribution in [0.2, 0.25) is 0 Å². The van der Waals surface area contributed by atoms with Crippen molar-refractivity contribution in [1.29, 1.82) is 0 Å². The van der Waals surface area contributed by atoms with Gasteiger partial charge in [0.05, 0.1) is 7.11 Å². The minimum atomic E-state index is 0.125. The molecule has 2 aromatic rings. The zero-order valence-corrected chi connectivity index (χ0v) is 14.6. The molecule has 0 spiro atoms. The number of hydrogen-bond acceptors (Lipinski definition) is 4. The van der Waals surface area contributed by atoms with Crippen LogP contribution >= 0.6 is 11.8 Å². The lowest BCUT2D eigenvalue weighted by atomic mass is 10.1. The molecule has 0 atom stereocenters. The van der Waals surface area contributed by atoms with E-state index in [0.717, 1.165) is 47.2 Å². The minimum absolute atomic E-state index is 0.125. The molecule has 3 rings (SSSR count). The Bertz CT molecular complexity index is 699. The number of ether oxygens (including phenoxy) is 1. The maximum Gasteiger partial charge on any atom is 0.253 e. The van der Waals surface area contributed by atoms with Gasteiger partial charge in [0.2, 0.25) is 0 Å². The number of methoxy groups -OCH3 is 1. The summed E-state index contributed by atoms with van der Waals surface area (Å²) in [6.07, 6.45) is 0. The fourth-order valence-corrected chi connectivity index (χ4v) is 3.60. The van der Waals surface area contributed by atoms with Crippen LogP contribution in [0.1, 0.15) is 15.9 Å². The first-order chi connectivity index (χ1) is 11.8. The van der Waals surface area contributed by atoms with Crippen LogP contribution in [0.25, 0.3) is 0 Å². The molecule has 1 aliphatic rings. The SMILES string of the molecule is COc1cccc(CNc2cccc(C(=O)N3CCSCC3)c2)c1. The Morgan fingerprint density at radius 1 is 1.17 bits per heavy atom. The van der Waals surface area contributed by atoms with Gasteiger partial charge in [0.15, 0.2) is 0 Å². The largest absolute Gasteiger partial charge is 0.497 e. The van der Waals surface area contributed by atoms with Gasteiger partial charge in [0.25, 0.3) is 5.91 Å². The van der Waals surface area contributed by atoms with E-state index < -0.39 is 0 Å². The molecule has 2 aromatic carbocycles. The van der Waals surface area contributed by atoms with Gasteiger partial charge >= 0.3 is 0 Å². The maximum atomic E-state index is 12.6. The molecule has 5 heteroatoms. The lowest BCUT2D eigenvalue weighted by molar-refractivity contribution is 0.0772. The van der Waals surface area contributed by atoms with Gasteiger partial charge in [-0.2, -0.15) is 11.8 Å². The van der Waals surface area contributed by atoms with Crippen LogP contribution in [0.3, 0.4) is 0 Å². The van der Waals surface area contributed by atoms with Crippen LogP contribution < -0.4 is 10.1 Å². The zero-order chi connectivity index (χ0) is 16.8. The van der Waals surface area contributed by atoms with Crippen LogP contribution in [-0.2, 0) is 6.54 Å². The maximum absolute atomic E-state index is 12.6. The first-order valence-corrected chi connectivity index (χ1v) is 9.25. The summed E-state index contributed by atoms with van der Waals surface area (Å²) in [4.78, 5) is 14.5. The number of thioether (sulfide) groups is 1. The Kier molecular flexibility index (Phi) is 5.64. The Labute approximate surface area is 147 Å². The summed E-state index contributed by atoms with van der Waals surface area (Å²) >= 11 is 1.91. The lowest BCUT2D eigenvalue weighted by Gasteiger charge is -2.26. The third kappa shape index (κ3) is 4.23. The predicted octanol–water partition coefficient (Wildman–Crippen LogP) is 3.50. The Morgan fingerprint density at radius 3 is 2.75 bits per heavy atom. The van der Waals surface area contributed by atoms with Crippen molar-refractivity contribution in [2.75, 3.05) is 37.0 Å². The number of amides is 1. The van der Waals surface area contributed by atoms with Crippen molar-refractivity contribution < 1.29 is 9.53 Å². The summed E-state index contributed by atoms with van der Waals surface area (Å²) in [5.41, 5.74) is 2.84. The number of anilines is 1. The highest BCUT2D eigenvalue weighted by Crippen LogP contribution is 2.18. The average molecular weight is 342 g/mol. The number of nitrogens with zero attached hydrogens (tertiary/aromatic N) is 1. The molecular weight excluding hydrogens is 320 g/mol. The molecule has 126 valence electrons. The van der Waals surface area contributed by atoms with Crippen LogP contribution in [0.4, 0.5) is 5.69 Å². The Morgan fingerprint density at radius 2 is 1.96 bits per heavy atom. The van der Waals surface area contributed by atoms with E-state index >= 15 is 0 Å². The third-order valence-electron chi connectivity index (χ3n) is 4.04. The number of nitrogens with one attached hydrogen (secondary N) is 1. The van der Waals surface area contributed by atoms with Gasteiger partial charge in [-0.25, -0.2) is 0 Å². The summed E-state index contributed by atoms with van der Waals surface area (Å²) in [6.45, 7) is 2.37. The number of hydrogen-bond donors (Lipinski definition) is 1. The molecule has 4 nitrogen and oxygen atoms in total. The van der Waals surface area contributed by atoms with Gasteiger partial charge < -0.3 is 15.0 Å². The van der Waals surface area contributed by atoms with Crippen LogP contribution in [0, 0.1) is 0 Å². The monoisotopic (exact) mass is 342 g/mol. The molecule has 1 fully saturated rings. The van der Waals surface area contributed by atoms with E-state index in [4.69, 9.17) is 4.74 Å². The Balaban J connectivity index is 1.65. The smallest absolute Gasteiger partial charge is 0.253 e. The Hall–Kier alpha value is -2.14. The van der Waals surface area contributed by atoms with Gasteiger partial charge in [-0.05, 0) is 35.9 Å². The van der Waals surface area contributed by atoms with Crippen LogP contribution in [-0.4, -0.2) is 42.5 Å². The molecule has 0 bridgehead atoms. The second kappa shape index (κ2) is 8.11. The van der Waals surface area contributed by atoms with E-state index in [1.165, 1.54) is 0 Å². The van der Waals surface area contributed by atoms with E-state index in [2.05, 4.69) is 11.4 Å². The normalized spacial score (nSPS) is 14.3. The number of carbonyl (C=O) groups is 1. The van der Waals surface area contributed by atoms with Gasteiger partial charge in [-0.15, -0.1) is 0 Å². The standard InChI is InChI=1S/C19H22N2O2S/c1-23-18-7-2-4-15(12-18)14-20-17-6-3-5-16(13-17)19(22)21-8-10-24-11-9-21/h2-7,12-13,20H,8-11,14H2,1H3. The predicted molar refractivity (Wildman–Crippen MR) is 100.0 cm³/mol. The molecule has 1 N–H and O–H groups in total. The van der Waals surface area contributed by atoms with Gasteiger partial charge in [-0.3, -0.25) is 4.79 Å². The summed E-state index contributed by atoms with van der Waals surface area (Å²) < 4.78 is 5.24. The van der Waals surface area contributed by atoms with Crippen molar-refractivity contribution in [2.45, 2.75) is 6.54 Å². The third-order valence-corrected chi connectivity index (χ3v) is 4.98.